The van der Waals surface area contributed by atoms with E-state index in [4.69, 9.17) is 0 Å². The normalized spacial score (nSPS) is 12.1. The average molecular weight is 233 g/mol. The van der Waals surface area contributed by atoms with Gasteiger partial charge in [0.2, 0.25) is 0 Å². The third kappa shape index (κ3) is 1.85. The van der Waals surface area contributed by atoms with Crippen LogP contribution in [-0.4, -0.2) is 24.5 Å². The van der Waals surface area contributed by atoms with Crippen LogP contribution in [0.25, 0.3) is 11.4 Å². The Kier molecular flexibility index (Phi) is 2.56. The number of aryl methyl sites for hydroxylation is 2. The van der Waals surface area contributed by atoms with E-state index in [1.165, 1.54) is 0 Å². The fraction of sp³-hybridized carbons (Fsp3) is 0.583. The molecule has 0 N–H and O–H groups in total. The van der Waals surface area contributed by atoms with Crippen LogP contribution < -0.4 is 0 Å². The molecule has 0 aliphatic carbocycles. The number of hydrogen-bond donors (Lipinski definition) is 0. The molecule has 2 aromatic heterocycles. The second kappa shape index (κ2) is 3.68. The minimum Gasteiger partial charge on any atom is -0.308 e. The molecule has 0 saturated carbocycles. The van der Waals surface area contributed by atoms with E-state index in [1.807, 2.05) is 18.7 Å². The van der Waals surface area contributed by atoms with E-state index in [0.717, 1.165) is 22.8 Å². The smallest absolute Gasteiger partial charge is 0.167 e. The second-order valence-electron chi connectivity index (χ2n) is 5.36. The fourth-order valence-electron chi connectivity index (χ4n) is 1.99. The molecule has 0 fully saturated rings. The van der Waals surface area contributed by atoms with Gasteiger partial charge in [-0.2, -0.15) is 5.10 Å². The number of rotatable bonds is 1. The second-order valence-corrected chi connectivity index (χ2v) is 5.36. The van der Waals surface area contributed by atoms with Crippen LogP contribution in [-0.2, 0) is 12.6 Å². The molecule has 0 aromatic carbocycles. The summed E-state index contributed by atoms with van der Waals surface area (Å²) in [6.07, 6.45) is 1.78. The minimum absolute atomic E-state index is 0.0342. The summed E-state index contributed by atoms with van der Waals surface area (Å²) in [5.74, 6) is 0.889. The minimum atomic E-state index is -0.0342. The summed E-state index contributed by atoms with van der Waals surface area (Å²) < 4.78 is 3.97. The molecule has 2 aromatic rings. The lowest BCUT2D eigenvalue weighted by Gasteiger charge is -2.22. The maximum absolute atomic E-state index is 4.43. The summed E-state index contributed by atoms with van der Waals surface area (Å²) in [7, 11) is 1.95. The van der Waals surface area contributed by atoms with Crippen LogP contribution in [0.5, 0.6) is 0 Å². The highest BCUT2D eigenvalue weighted by molar-refractivity contribution is 5.61. The topological polar surface area (TPSA) is 48.5 Å². The van der Waals surface area contributed by atoms with Gasteiger partial charge in [0.05, 0.1) is 11.3 Å². The van der Waals surface area contributed by atoms with Gasteiger partial charge in [0, 0.05) is 18.3 Å². The van der Waals surface area contributed by atoms with Crippen molar-refractivity contribution < 1.29 is 0 Å². The van der Waals surface area contributed by atoms with Crippen molar-refractivity contribution in [1.82, 2.24) is 24.5 Å². The van der Waals surface area contributed by atoms with Crippen LogP contribution in [0.4, 0.5) is 0 Å². The first kappa shape index (κ1) is 11.8. The molecule has 0 bridgehead atoms. The highest BCUT2D eigenvalue weighted by Crippen LogP contribution is 2.28. The highest BCUT2D eigenvalue weighted by atomic mass is 15.3. The summed E-state index contributed by atoms with van der Waals surface area (Å²) >= 11 is 0. The Morgan fingerprint density at radius 2 is 1.82 bits per heavy atom. The highest BCUT2D eigenvalue weighted by Gasteiger charge is 2.23. The van der Waals surface area contributed by atoms with E-state index >= 15 is 0 Å². The Hall–Kier alpha value is -1.65. The van der Waals surface area contributed by atoms with Gasteiger partial charge in [0.1, 0.15) is 6.33 Å². The van der Waals surface area contributed by atoms with Gasteiger partial charge in [0.15, 0.2) is 5.82 Å². The molecular weight excluding hydrogens is 214 g/mol. The summed E-state index contributed by atoms with van der Waals surface area (Å²) in [5, 5.41) is 12.7. The third-order valence-electron chi connectivity index (χ3n) is 3.00. The van der Waals surface area contributed by atoms with Crippen LogP contribution in [0.3, 0.4) is 0 Å². The van der Waals surface area contributed by atoms with E-state index in [-0.39, 0.29) is 5.54 Å². The molecule has 92 valence electrons. The molecule has 0 aliphatic rings. The predicted molar refractivity (Wildman–Crippen MR) is 66.7 cm³/mol. The first-order chi connectivity index (χ1) is 7.82. The van der Waals surface area contributed by atoms with Crippen molar-refractivity contribution in [3.63, 3.8) is 0 Å². The van der Waals surface area contributed by atoms with Gasteiger partial charge < -0.3 is 4.57 Å². The van der Waals surface area contributed by atoms with Crippen LogP contribution in [0, 0.1) is 13.8 Å². The van der Waals surface area contributed by atoms with Crippen LogP contribution >= 0.6 is 0 Å². The lowest BCUT2D eigenvalue weighted by molar-refractivity contribution is 0.399. The van der Waals surface area contributed by atoms with Crippen molar-refractivity contribution in [2.45, 2.75) is 40.2 Å². The van der Waals surface area contributed by atoms with Crippen LogP contribution in [0.2, 0.25) is 0 Å². The standard InChI is InChI=1S/C12H19N5/c1-8-10(9(2)16(6)15-8)11-14-13-7-17(11)12(3,4)5/h7H,1-6H3. The zero-order chi connectivity index (χ0) is 12.8. The molecular formula is C12H19N5. The van der Waals surface area contributed by atoms with Crippen LogP contribution in [0.1, 0.15) is 32.2 Å². The van der Waals surface area contributed by atoms with Crippen molar-refractivity contribution in [2.75, 3.05) is 0 Å². The SMILES string of the molecule is Cc1nn(C)c(C)c1-c1nncn1C(C)(C)C. The first-order valence-electron chi connectivity index (χ1n) is 5.73. The van der Waals surface area contributed by atoms with Crippen LogP contribution in [0.15, 0.2) is 6.33 Å². The maximum Gasteiger partial charge on any atom is 0.167 e. The van der Waals surface area contributed by atoms with Gasteiger partial charge in [-0.3, -0.25) is 4.68 Å². The molecule has 2 rings (SSSR count). The van der Waals surface area contributed by atoms with Gasteiger partial charge in [-0.15, -0.1) is 10.2 Å². The Morgan fingerprint density at radius 1 is 1.18 bits per heavy atom. The summed E-state index contributed by atoms with van der Waals surface area (Å²) in [6, 6.07) is 0. The molecule has 0 saturated heterocycles. The first-order valence-corrected chi connectivity index (χ1v) is 5.73. The Bertz CT molecular complexity index is 542. The molecule has 0 amide bonds. The van der Waals surface area contributed by atoms with Crippen molar-refractivity contribution in [3.8, 4) is 11.4 Å². The Balaban J connectivity index is 2.66. The molecule has 2 heterocycles. The number of hydrogen-bond acceptors (Lipinski definition) is 3. The van der Waals surface area contributed by atoms with E-state index in [9.17, 15) is 0 Å². The Morgan fingerprint density at radius 3 is 2.29 bits per heavy atom. The fourth-order valence-corrected chi connectivity index (χ4v) is 1.99. The van der Waals surface area contributed by atoms with Crippen molar-refractivity contribution in [1.29, 1.82) is 0 Å². The van der Waals surface area contributed by atoms with Gasteiger partial charge in [-0.25, -0.2) is 0 Å². The molecule has 0 spiro atoms. The molecule has 0 unspecified atom stereocenters. The van der Waals surface area contributed by atoms with Gasteiger partial charge in [-0.05, 0) is 34.6 Å². The molecule has 0 atom stereocenters. The molecule has 0 aliphatic heterocycles. The quantitative estimate of drug-likeness (QED) is 0.757. The zero-order valence-corrected chi connectivity index (χ0v) is 11.3. The third-order valence-corrected chi connectivity index (χ3v) is 3.00. The van der Waals surface area contributed by atoms with Crippen molar-refractivity contribution >= 4 is 0 Å². The molecule has 0 radical (unpaired) electrons. The van der Waals surface area contributed by atoms with Crippen molar-refractivity contribution in [2.24, 2.45) is 7.05 Å². The molecule has 17 heavy (non-hydrogen) atoms. The summed E-state index contributed by atoms with van der Waals surface area (Å²) in [6.45, 7) is 10.5. The van der Waals surface area contributed by atoms with E-state index in [0.29, 0.717) is 0 Å². The number of aromatic nitrogens is 5. The predicted octanol–water partition coefficient (Wildman–Crippen LogP) is 2.05. The van der Waals surface area contributed by atoms with Crippen molar-refractivity contribution in [3.05, 3.63) is 17.7 Å². The number of nitrogens with zero attached hydrogens (tertiary/aromatic N) is 5. The molecule has 5 heteroatoms. The molecule has 5 nitrogen and oxygen atoms in total. The van der Waals surface area contributed by atoms with Gasteiger partial charge in [-0.1, -0.05) is 0 Å². The Labute approximate surface area is 101 Å². The average Bonchev–Trinajstić information content (AvgIpc) is 2.73. The largest absolute Gasteiger partial charge is 0.308 e. The van der Waals surface area contributed by atoms with Gasteiger partial charge >= 0.3 is 0 Å². The summed E-state index contributed by atoms with van der Waals surface area (Å²) in [4.78, 5) is 0. The monoisotopic (exact) mass is 233 g/mol. The van der Waals surface area contributed by atoms with E-state index < -0.39 is 0 Å². The van der Waals surface area contributed by atoms with E-state index in [2.05, 4.69) is 47.6 Å². The summed E-state index contributed by atoms with van der Waals surface area (Å²) in [5.41, 5.74) is 3.15. The lowest BCUT2D eigenvalue weighted by atomic mass is 10.1. The lowest BCUT2D eigenvalue weighted by Crippen LogP contribution is -2.22. The van der Waals surface area contributed by atoms with Gasteiger partial charge in [0.25, 0.3) is 0 Å². The van der Waals surface area contributed by atoms with E-state index in [1.54, 1.807) is 6.33 Å². The maximum atomic E-state index is 4.43. The zero-order valence-electron chi connectivity index (χ0n) is 11.3.